The van der Waals surface area contributed by atoms with Crippen LogP contribution in [0.5, 0.6) is 5.75 Å². The number of amides is 2. The van der Waals surface area contributed by atoms with Gasteiger partial charge < -0.3 is 19.9 Å². The van der Waals surface area contributed by atoms with E-state index in [9.17, 15) is 13.2 Å². The van der Waals surface area contributed by atoms with Crippen LogP contribution in [0.15, 0.2) is 23.1 Å². The standard InChI is InChI=1S/C17H26ClN3O4S.ClH/c1-20(2)10-8-19-17(22)21-9-4-5-14(12-21)26(23,24)13-6-7-16(25-3)15(18)11-13;/h6-7,11,14H,4-5,8-10,12H2,1-3H3,(H,19,22);1H. The Morgan fingerprint density at radius 1 is 1.41 bits per heavy atom. The minimum atomic E-state index is -3.58. The van der Waals surface area contributed by atoms with Crippen LogP contribution in [0.3, 0.4) is 0 Å². The van der Waals surface area contributed by atoms with Crippen LogP contribution < -0.4 is 10.1 Å². The van der Waals surface area contributed by atoms with Crippen molar-refractivity contribution in [3.63, 3.8) is 0 Å². The number of likely N-dealkylation sites (N-methyl/N-ethyl adjacent to an activating group) is 1. The Morgan fingerprint density at radius 2 is 2.11 bits per heavy atom. The van der Waals surface area contributed by atoms with Gasteiger partial charge in [0.1, 0.15) is 5.75 Å². The zero-order valence-electron chi connectivity index (χ0n) is 15.8. The third-order valence-electron chi connectivity index (χ3n) is 4.39. The highest BCUT2D eigenvalue weighted by molar-refractivity contribution is 7.92. The second-order valence-corrected chi connectivity index (χ2v) is 9.22. The summed E-state index contributed by atoms with van der Waals surface area (Å²) in [7, 11) is 1.75. The molecule has 1 saturated heterocycles. The summed E-state index contributed by atoms with van der Waals surface area (Å²) in [4.78, 5) is 16.0. The van der Waals surface area contributed by atoms with Crippen molar-refractivity contribution in [2.24, 2.45) is 0 Å². The Labute approximate surface area is 172 Å². The molecule has 1 aromatic carbocycles. The Hall–Kier alpha value is -1.22. The van der Waals surface area contributed by atoms with Gasteiger partial charge in [0.2, 0.25) is 0 Å². The molecule has 0 aromatic heterocycles. The van der Waals surface area contributed by atoms with Crippen LogP contribution in [0.25, 0.3) is 0 Å². The van der Waals surface area contributed by atoms with Crippen LogP contribution in [0.1, 0.15) is 12.8 Å². The fourth-order valence-electron chi connectivity index (χ4n) is 2.89. The maximum atomic E-state index is 12.9. The molecule has 1 atom stereocenters. The van der Waals surface area contributed by atoms with Gasteiger partial charge in [0.05, 0.1) is 22.3 Å². The number of rotatable bonds is 6. The normalized spacial score (nSPS) is 17.4. The van der Waals surface area contributed by atoms with Gasteiger partial charge in [-0.15, -0.1) is 12.4 Å². The molecule has 1 heterocycles. The molecule has 0 radical (unpaired) electrons. The van der Waals surface area contributed by atoms with E-state index in [1.165, 1.54) is 19.2 Å². The van der Waals surface area contributed by atoms with Gasteiger partial charge in [-0.3, -0.25) is 0 Å². The first-order valence-corrected chi connectivity index (χ1v) is 10.4. The average molecular weight is 440 g/mol. The summed E-state index contributed by atoms with van der Waals surface area (Å²) in [6.07, 6.45) is 1.17. The van der Waals surface area contributed by atoms with Crippen LogP contribution in [0.2, 0.25) is 5.02 Å². The van der Waals surface area contributed by atoms with E-state index in [1.54, 1.807) is 11.0 Å². The molecular weight excluding hydrogens is 413 g/mol. The molecule has 0 spiro atoms. The molecule has 1 aliphatic heterocycles. The van der Waals surface area contributed by atoms with E-state index in [4.69, 9.17) is 16.3 Å². The van der Waals surface area contributed by atoms with Crippen LogP contribution >= 0.6 is 24.0 Å². The molecule has 0 aliphatic carbocycles. The predicted molar refractivity (Wildman–Crippen MR) is 109 cm³/mol. The molecule has 1 aromatic rings. The van der Waals surface area contributed by atoms with E-state index in [0.717, 1.165) is 6.54 Å². The monoisotopic (exact) mass is 439 g/mol. The van der Waals surface area contributed by atoms with Crippen molar-refractivity contribution in [2.75, 3.05) is 47.4 Å². The Balaban J connectivity index is 0.00000364. The summed E-state index contributed by atoms with van der Waals surface area (Å²) < 4.78 is 31.0. The SMILES string of the molecule is COc1ccc(S(=O)(=O)C2CCCN(C(=O)NCCN(C)C)C2)cc1Cl.Cl. The number of methoxy groups -OCH3 is 1. The van der Waals surface area contributed by atoms with Crippen LogP contribution in [0, 0.1) is 0 Å². The van der Waals surface area contributed by atoms with Crippen molar-refractivity contribution in [3.8, 4) is 5.75 Å². The van der Waals surface area contributed by atoms with Gasteiger partial charge in [0.15, 0.2) is 9.84 Å². The van der Waals surface area contributed by atoms with Crippen molar-refractivity contribution in [2.45, 2.75) is 23.0 Å². The van der Waals surface area contributed by atoms with Crippen molar-refractivity contribution in [1.82, 2.24) is 15.1 Å². The summed E-state index contributed by atoms with van der Waals surface area (Å²) in [6, 6.07) is 4.23. The van der Waals surface area contributed by atoms with Gasteiger partial charge in [-0.05, 0) is 45.1 Å². The van der Waals surface area contributed by atoms with E-state index < -0.39 is 15.1 Å². The number of nitrogens with zero attached hydrogens (tertiary/aromatic N) is 2. The third-order valence-corrected chi connectivity index (χ3v) is 6.86. The number of ether oxygens (including phenoxy) is 1. The predicted octanol–water partition coefficient (Wildman–Crippen LogP) is 2.28. The molecule has 0 bridgehead atoms. The maximum Gasteiger partial charge on any atom is 0.317 e. The fraction of sp³-hybridized carbons (Fsp3) is 0.588. The molecule has 1 N–H and O–H groups in total. The van der Waals surface area contributed by atoms with Crippen molar-refractivity contribution in [1.29, 1.82) is 0 Å². The number of sulfone groups is 1. The molecule has 7 nitrogen and oxygen atoms in total. The van der Waals surface area contributed by atoms with Gasteiger partial charge in [-0.2, -0.15) is 0 Å². The molecule has 1 fully saturated rings. The molecular formula is C17H27Cl2N3O4S. The van der Waals surface area contributed by atoms with Gasteiger partial charge in [0.25, 0.3) is 0 Å². The second kappa shape index (κ2) is 10.4. The molecule has 2 amide bonds. The molecule has 1 unspecified atom stereocenters. The van der Waals surface area contributed by atoms with E-state index in [1.807, 2.05) is 19.0 Å². The number of hydrogen-bond acceptors (Lipinski definition) is 5. The zero-order chi connectivity index (χ0) is 19.3. The van der Waals surface area contributed by atoms with E-state index in [2.05, 4.69) is 5.32 Å². The third kappa shape index (κ3) is 6.14. The van der Waals surface area contributed by atoms with Gasteiger partial charge in [-0.1, -0.05) is 11.6 Å². The van der Waals surface area contributed by atoms with Gasteiger partial charge in [-0.25, -0.2) is 13.2 Å². The minimum Gasteiger partial charge on any atom is -0.495 e. The highest BCUT2D eigenvalue weighted by Gasteiger charge is 2.34. The summed E-state index contributed by atoms with van der Waals surface area (Å²) in [5, 5.41) is 2.45. The van der Waals surface area contributed by atoms with Gasteiger partial charge >= 0.3 is 6.03 Å². The summed E-state index contributed by atoms with van der Waals surface area (Å²) >= 11 is 6.07. The first-order valence-electron chi connectivity index (χ1n) is 8.50. The number of hydrogen-bond donors (Lipinski definition) is 1. The fourth-order valence-corrected chi connectivity index (χ4v) is 4.99. The second-order valence-electron chi connectivity index (χ2n) is 6.59. The van der Waals surface area contributed by atoms with Crippen molar-refractivity contribution >= 4 is 39.9 Å². The minimum absolute atomic E-state index is 0. The largest absolute Gasteiger partial charge is 0.495 e. The summed E-state index contributed by atoms with van der Waals surface area (Å²) in [5.41, 5.74) is 0. The lowest BCUT2D eigenvalue weighted by atomic mass is 10.1. The average Bonchev–Trinajstić information content (AvgIpc) is 2.61. The van der Waals surface area contributed by atoms with E-state index >= 15 is 0 Å². The lowest BCUT2D eigenvalue weighted by Crippen LogP contribution is -2.49. The molecule has 2 rings (SSSR count). The number of carbonyl (C=O) groups is 1. The first kappa shape index (κ1) is 23.8. The molecule has 0 saturated carbocycles. The molecule has 154 valence electrons. The smallest absolute Gasteiger partial charge is 0.317 e. The number of piperidine rings is 1. The van der Waals surface area contributed by atoms with E-state index in [-0.39, 0.29) is 34.9 Å². The zero-order valence-corrected chi connectivity index (χ0v) is 18.2. The first-order chi connectivity index (χ1) is 12.3. The van der Waals surface area contributed by atoms with Crippen LogP contribution in [0.4, 0.5) is 4.79 Å². The maximum absolute atomic E-state index is 12.9. The number of nitrogens with one attached hydrogen (secondary N) is 1. The number of carbonyl (C=O) groups excluding carboxylic acids is 1. The van der Waals surface area contributed by atoms with Crippen molar-refractivity contribution < 1.29 is 17.9 Å². The van der Waals surface area contributed by atoms with Crippen molar-refractivity contribution in [3.05, 3.63) is 23.2 Å². The quantitative estimate of drug-likeness (QED) is 0.735. The number of benzene rings is 1. The lowest BCUT2D eigenvalue weighted by Gasteiger charge is -2.32. The summed E-state index contributed by atoms with van der Waals surface area (Å²) in [5.74, 6) is 0.427. The Morgan fingerprint density at radius 3 is 2.70 bits per heavy atom. The van der Waals surface area contributed by atoms with E-state index in [0.29, 0.717) is 31.7 Å². The highest BCUT2D eigenvalue weighted by atomic mass is 35.5. The number of halogens is 2. The Bertz CT molecular complexity index is 744. The molecule has 1 aliphatic rings. The number of urea groups is 1. The van der Waals surface area contributed by atoms with Crippen LogP contribution in [-0.2, 0) is 9.84 Å². The van der Waals surface area contributed by atoms with Gasteiger partial charge in [0, 0.05) is 26.2 Å². The summed E-state index contributed by atoms with van der Waals surface area (Å²) in [6.45, 7) is 1.99. The molecule has 27 heavy (non-hydrogen) atoms. The number of likely N-dealkylation sites (tertiary alicyclic amines) is 1. The Kier molecular flexibility index (Phi) is 9.14. The lowest BCUT2D eigenvalue weighted by molar-refractivity contribution is 0.186. The van der Waals surface area contributed by atoms with Crippen LogP contribution in [-0.4, -0.2) is 76.9 Å². The highest BCUT2D eigenvalue weighted by Crippen LogP contribution is 2.30. The topological polar surface area (TPSA) is 79.0 Å². The molecule has 10 heteroatoms.